The second kappa shape index (κ2) is 12.9. The van der Waals surface area contributed by atoms with E-state index < -0.39 is 11.9 Å². The minimum absolute atomic E-state index is 0.177. The molecule has 0 atom stereocenters. The van der Waals surface area contributed by atoms with Crippen molar-refractivity contribution in [1.82, 2.24) is 15.2 Å². The van der Waals surface area contributed by atoms with Crippen LogP contribution >= 0.6 is 0 Å². The third-order valence-electron chi connectivity index (χ3n) is 7.91. The second-order valence-corrected chi connectivity index (χ2v) is 10.8. The molecule has 0 unspecified atom stereocenters. The Bertz CT molecular complexity index is 1080. The third-order valence-corrected chi connectivity index (χ3v) is 7.91. The number of benzene rings is 1. The first-order valence-electron chi connectivity index (χ1n) is 13.7. The Morgan fingerprint density at radius 3 is 2.53 bits per heavy atom. The van der Waals surface area contributed by atoms with Crippen molar-refractivity contribution in [3.63, 3.8) is 0 Å². The van der Waals surface area contributed by atoms with E-state index in [-0.39, 0.29) is 11.7 Å². The fourth-order valence-electron chi connectivity index (χ4n) is 5.60. The standard InChI is InChI=1S/C29H40F3N5O/c1-37(15-12-20-10-13-34-14-11-20)19-21-6-8-23(9-7-21)35-18-22-16-24(27(38-2)17-25(22)33)26-4-3-5-28(36-26)29(30,31)32/h3-5,16-18,20-21,23,34H,6-15,19,33H2,1-2H3. The zero-order valence-electron chi connectivity index (χ0n) is 22.4. The fraction of sp³-hybridized carbons (Fsp3) is 0.586. The van der Waals surface area contributed by atoms with Crippen LogP contribution in [0.3, 0.4) is 0 Å². The predicted molar refractivity (Wildman–Crippen MR) is 147 cm³/mol. The van der Waals surface area contributed by atoms with Crippen molar-refractivity contribution in [2.45, 2.75) is 57.2 Å². The van der Waals surface area contributed by atoms with Crippen LogP contribution in [0.25, 0.3) is 11.3 Å². The smallest absolute Gasteiger partial charge is 0.433 e. The van der Waals surface area contributed by atoms with Gasteiger partial charge in [-0.1, -0.05) is 6.07 Å². The lowest BCUT2D eigenvalue weighted by atomic mass is 9.86. The number of ether oxygens (including phenoxy) is 1. The average molecular weight is 532 g/mol. The molecule has 0 radical (unpaired) electrons. The molecule has 9 heteroatoms. The number of aliphatic imine (C=N–C) groups is 1. The number of pyridine rings is 1. The molecule has 6 nitrogen and oxygen atoms in total. The maximum Gasteiger partial charge on any atom is 0.433 e. The molecule has 2 aromatic rings. The maximum absolute atomic E-state index is 13.2. The molecule has 0 amide bonds. The van der Waals surface area contributed by atoms with Gasteiger partial charge in [0.05, 0.1) is 12.8 Å². The van der Waals surface area contributed by atoms with E-state index >= 15 is 0 Å². The van der Waals surface area contributed by atoms with Crippen LogP contribution in [0.1, 0.15) is 56.2 Å². The van der Waals surface area contributed by atoms with Gasteiger partial charge in [0.25, 0.3) is 0 Å². The summed E-state index contributed by atoms with van der Waals surface area (Å²) in [6, 6.07) is 7.40. The van der Waals surface area contributed by atoms with E-state index in [0.717, 1.165) is 57.3 Å². The van der Waals surface area contributed by atoms with E-state index in [1.54, 1.807) is 18.3 Å². The highest BCUT2D eigenvalue weighted by atomic mass is 19.4. The number of rotatable bonds is 9. The molecule has 1 saturated carbocycles. The lowest BCUT2D eigenvalue weighted by Gasteiger charge is -2.31. The van der Waals surface area contributed by atoms with Crippen molar-refractivity contribution >= 4 is 11.9 Å². The lowest BCUT2D eigenvalue weighted by molar-refractivity contribution is -0.141. The third kappa shape index (κ3) is 7.69. The summed E-state index contributed by atoms with van der Waals surface area (Å²) in [7, 11) is 3.71. The van der Waals surface area contributed by atoms with Crippen LogP contribution in [0.2, 0.25) is 0 Å². The quantitative estimate of drug-likeness (QED) is 0.323. The van der Waals surface area contributed by atoms with E-state index in [1.807, 2.05) is 0 Å². The first-order chi connectivity index (χ1) is 18.2. The Morgan fingerprint density at radius 1 is 1.11 bits per heavy atom. The monoisotopic (exact) mass is 531 g/mol. The first-order valence-corrected chi connectivity index (χ1v) is 13.7. The molecular formula is C29H40F3N5O. The summed E-state index contributed by atoms with van der Waals surface area (Å²) in [5.41, 5.74) is 7.03. The molecule has 2 aliphatic rings. The Labute approximate surface area is 223 Å². The van der Waals surface area contributed by atoms with Gasteiger partial charge in [-0.3, -0.25) is 4.99 Å². The minimum atomic E-state index is -4.53. The summed E-state index contributed by atoms with van der Waals surface area (Å²) in [5.74, 6) is 1.93. The maximum atomic E-state index is 13.2. The van der Waals surface area contributed by atoms with Gasteiger partial charge in [0.2, 0.25) is 0 Å². The van der Waals surface area contributed by atoms with Crippen LogP contribution in [0.5, 0.6) is 5.75 Å². The SMILES string of the molecule is COc1cc(N)c(C=NC2CCC(CN(C)CCC3CCNCC3)CC2)cc1-c1cccc(C(F)(F)F)n1. The number of piperidine rings is 1. The summed E-state index contributed by atoms with van der Waals surface area (Å²) in [5, 5.41) is 3.44. The molecule has 2 heterocycles. The molecule has 0 bridgehead atoms. The van der Waals surface area contributed by atoms with Crippen molar-refractivity contribution in [2.24, 2.45) is 16.8 Å². The highest BCUT2D eigenvalue weighted by molar-refractivity contribution is 5.91. The normalized spacial score (nSPS) is 21.3. The Balaban J connectivity index is 1.34. The number of hydrogen-bond donors (Lipinski definition) is 2. The zero-order valence-corrected chi connectivity index (χ0v) is 22.4. The summed E-state index contributed by atoms with van der Waals surface area (Å²) in [6.45, 7) is 4.62. The Morgan fingerprint density at radius 2 is 1.84 bits per heavy atom. The van der Waals surface area contributed by atoms with Crippen molar-refractivity contribution in [3.8, 4) is 17.0 Å². The van der Waals surface area contributed by atoms with E-state index in [9.17, 15) is 13.2 Å². The van der Waals surface area contributed by atoms with Crippen LogP contribution < -0.4 is 15.8 Å². The van der Waals surface area contributed by atoms with Gasteiger partial charge in [0, 0.05) is 41.7 Å². The number of methoxy groups -OCH3 is 1. The van der Waals surface area contributed by atoms with E-state index in [0.29, 0.717) is 28.5 Å². The van der Waals surface area contributed by atoms with Gasteiger partial charge in [0.15, 0.2) is 0 Å². The highest BCUT2D eigenvalue weighted by Crippen LogP contribution is 2.35. The number of nitrogens with zero attached hydrogens (tertiary/aromatic N) is 3. The van der Waals surface area contributed by atoms with Gasteiger partial charge < -0.3 is 20.7 Å². The summed E-state index contributed by atoms with van der Waals surface area (Å²) >= 11 is 0. The molecule has 1 aromatic heterocycles. The van der Waals surface area contributed by atoms with Crippen molar-refractivity contribution in [2.75, 3.05) is 46.1 Å². The predicted octanol–water partition coefficient (Wildman–Crippen LogP) is 5.66. The van der Waals surface area contributed by atoms with Crippen LogP contribution in [-0.4, -0.2) is 62.5 Å². The number of nitrogen functional groups attached to an aromatic ring is 1. The summed E-state index contributed by atoms with van der Waals surface area (Å²) < 4.78 is 45.0. The second-order valence-electron chi connectivity index (χ2n) is 10.8. The molecule has 2 fully saturated rings. The Hall–Kier alpha value is -2.65. The molecule has 208 valence electrons. The molecule has 38 heavy (non-hydrogen) atoms. The van der Waals surface area contributed by atoms with Crippen LogP contribution in [-0.2, 0) is 6.18 Å². The molecule has 1 aliphatic carbocycles. The highest BCUT2D eigenvalue weighted by Gasteiger charge is 2.32. The molecule has 1 aliphatic heterocycles. The lowest BCUT2D eigenvalue weighted by Crippen LogP contribution is -2.33. The van der Waals surface area contributed by atoms with Gasteiger partial charge in [-0.05, 0) is 102 Å². The van der Waals surface area contributed by atoms with Gasteiger partial charge in [-0.25, -0.2) is 4.98 Å². The van der Waals surface area contributed by atoms with E-state index in [1.165, 1.54) is 45.0 Å². The number of aromatic nitrogens is 1. The molecule has 4 rings (SSSR count). The van der Waals surface area contributed by atoms with Gasteiger partial charge in [0.1, 0.15) is 11.4 Å². The van der Waals surface area contributed by atoms with Gasteiger partial charge in [-0.15, -0.1) is 0 Å². The fourth-order valence-corrected chi connectivity index (χ4v) is 5.60. The first kappa shape index (κ1) is 28.4. The summed E-state index contributed by atoms with van der Waals surface area (Å²) in [6.07, 6.45) is 5.47. The van der Waals surface area contributed by atoms with Crippen LogP contribution in [0.15, 0.2) is 35.3 Å². The van der Waals surface area contributed by atoms with Crippen molar-refractivity contribution in [3.05, 3.63) is 41.6 Å². The number of anilines is 1. The number of alkyl halides is 3. The number of nitrogens with one attached hydrogen (secondary N) is 1. The van der Waals surface area contributed by atoms with Crippen LogP contribution in [0.4, 0.5) is 18.9 Å². The average Bonchev–Trinajstić information content (AvgIpc) is 2.92. The molecule has 0 spiro atoms. The molecule has 3 N–H and O–H groups in total. The van der Waals surface area contributed by atoms with Gasteiger partial charge in [-0.2, -0.15) is 13.2 Å². The number of halogens is 3. The number of nitrogens with two attached hydrogens (primary N) is 1. The largest absolute Gasteiger partial charge is 0.496 e. The number of hydrogen-bond acceptors (Lipinski definition) is 6. The van der Waals surface area contributed by atoms with Crippen molar-refractivity contribution in [1.29, 1.82) is 0 Å². The van der Waals surface area contributed by atoms with E-state index in [2.05, 4.69) is 22.2 Å². The molecule has 1 aromatic carbocycles. The van der Waals surface area contributed by atoms with E-state index in [4.69, 9.17) is 15.5 Å². The zero-order chi connectivity index (χ0) is 27.1. The minimum Gasteiger partial charge on any atom is -0.496 e. The van der Waals surface area contributed by atoms with Crippen LogP contribution in [0, 0.1) is 11.8 Å². The van der Waals surface area contributed by atoms with Gasteiger partial charge >= 0.3 is 6.18 Å². The Kier molecular flexibility index (Phi) is 9.65. The molecule has 1 saturated heterocycles. The topological polar surface area (TPSA) is 75.8 Å². The molecular weight excluding hydrogens is 491 g/mol. The van der Waals surface area contributed by atoms with Crippen molar-refractivity contribution < 1.29 is 17.9 Å². The summed E-state index contributed by atoms with van der Waals surface area (Å²) in [4.78, 5) is 11.1.